The van der Waals surface area contributed by atoms with E-state index in [0.717, 1.165) is 22.2 Å². The van der Waals surface area contributed by atoms with Gasteiger partial charge in [0, 0.05) is 19.9 Å². The molecule has 0 bridgehead atoms. The summed E-state index contributed by atoms with van der Waals surface area (Å²) in [4.78, 5) is 9.19. The van der Waals surface area contributed by atoms with Crippen molar-refractivity contribution in [3.05, 3.63) is 53.0 Å². The lowest BCUT2D eigenvalue weighted by molar-refractivity contribution is 0.187. The second kappa shape index (κ2) is 7.75. The Labute approximate surface area is 159 Å². The molecule has 3 aromatic rings. The van der Waals surface area contributed by atoms with Crippen molar-refractivity contribution in [1.82, 2.24) is 19.3 Å². The van der Waals surface area contributed by atoms with Gasteiger partial charge in [0.15, 0.2) is 5.65 Å². The fourth-order valence-electron chi connectivity index (χ4n) is 3.02. The van der Waals surface area contributed by atoms with Crippen LogP contribution in [0.2, 0.25) is 0 Å². The molecule has 0 aliphatic carbocycles. The van der Waals surface area contributed by atoms with Crippen LogP contribution in [-0.2, 0) is 27.8 Å². The maximum atomic E-state index is 12.8. The summed E-state index contributed by atoms with van der Waals surface area (Å²) < 4.78 is 35.4. The van der Waals surface area contributed by atoms with Crippen molar-refractivity contribution in [2.45, 2.75) is 38.8 Å². The van der Waals surface area contributed by atoms with Crippen LogP contribution in [0.3, 0.4) is 0 Å². The quantitative estimate of drug-likeness (QED) is 0.672. The van der Waals surface area contributed by atoms with Gasteiger partial charge < -0.3 is 9.30 Å². The minimum atomic E-state index is -3.66. The Hall–Kier alpha value is -2.29. The second-order valence-corrected chi connectivity index (χ2v) is 8.28. The summed E-state index contributed by atoms with van der Waals surface area (Å²) in [6, 6.07) is 7.27. The Balaban J connectivity index is 1.91. The smallest absolute Gasteiger partial charge is 0.241 e. The van der Waals surface area contributed by atoms with Crippen LogP contribution in [-0.4, -0.2) is 36.7 Å². The summed E-state index contributed by atoms with van der Waals surface area (Å²) in [6.07, 6.45) is 1.69. The molecule has 2 aromatic heterocycles. The molecule has 0 saturated carbocycles. The maximum Gasteiger partial charge on any atom is 0.241 e. The third kappa shape index (κ3) is 4.02. The number of ether oxygens (including phenoxy) is 1. The van der Waals surface area contributed by atoms with E-state index >= 15 is 0 Å². The zero-order chi connectivity index (χ0) is 19.6. The van der Waals surface area contributed by atoms with E-state index in [1.807, 2.05) is 36.6 Å². The lowest BCUT2D eigenvalue weighted by Crippen LogP contribution is -2.26. The third-order valence-corrected chi connectivity index (χ3v) is 6.15. The van der Waals surface area contributed by atoms with Crippen LogP contribution < -0.4 is 4.72 Å². The van der Waals surface area contributed by atoms with E-state index in [0.29, 0.717) is 29.5 Å². The second-order valence-electron chi connectivity index (χ2n) is 6.55. The van der Waals surface area contributed by atoms with E-state index in [1.54, 1.807) is 26.3 Å². The van der Waals surface area contributed by atoms with Crippen LogP contribution in [0.1, 0.15) is 22.5 Å². The number of rotatable bonds is 7. The van der Waals surface area contributed by atoms with E-state index in [-0.39, 0.29) is 6.54 Å². The molecule has 0 aliphatic rings. The average molecular weight is 388 g/mol. The molecule has 7 nitrogen and oxygen atoms in total. The lowest BCUT2D eigenvalue weighted by Gasteiger charge is -2.13. The molecule has 0 aliphatic heterocycles. The molecule has 8 heteroatoms. The standard InChI is InChI=1S/C19H24N4O3S/c1-13-10-15(3)17(11-14(13)2)27(24,25)21-12-18-22-16-6-5-7-20-19(16)23(18)8-9-26-4/h5-7,10-11,21H,8-9,12H2,1-4H3. The molecular formula is C19H24N4O3S. The highest BCUT2D eigenvalue weighted by Gasteiger charge is 2.20. The number of aromatic nitrogens is 3. The van der Waals surface area contributed by atoms with E-state index in [2.05, 4.69) is 14.7 Å². The molecule has 0 fully saturated rings. The molecule has 0 atom stereocenters. The molecule has 0 amide bonds. The molecule has 0 saturated heterocycles. The molecule has 27 heavy (non-hydrogen) atoms. The van der Waals surface area contributed by atoms with Crippen molar-refractivity contribution in [1.29, 1.82) is 0 Å². The van der Waals surface area contributed by atoms with Gasteiger partial charge in [-0.2, -0.15) is 0 Å². The predicted octanol–water partition coefficient (Wildman–Crippen LogP) is 2.48. The van der Waals surface area contributed by atoms with Gasteiger partial charge in [-0.15, -0.1) is 0 Å². The molecule has 0 unspecified atom stereocenters. The van der Waals surface area contributed by atoms with Crippen molar-refractivity contribution in [2.24, 2.45) is 0 Å². The summed E-state index contributed by atoms with van der Waals surface area (Å²) >= 11 is 0. The Morgan fingerprint density at radius 3 is 2.63 bits per heavy atom. The van der Waals surface area contributed by atoms with Crippen LogP contribution in [0.4, 0.5) is 0 Å². The van der Waals surface area contributed by atoms with Gasteiger partial charge in [0.1, 0.15) is 11.3 Å². The van der Waals surface area contributed by atoms with Gasteiger partial charge in [0.05, 0.1) is 18.0 Å². The molecule has 2 heterocycles. The molecular weight excluding hydrogens is 364 g/mol. The van der Waals surface area contributed by atoms with Crippen LogP contribution >= 0.6 is 0 Å². The average Bonchev–Trinajstić information content (AvgIpc) is 2.99. The van der Waals surface area contributed by atoms with Gasteiger partial charge in [-0.05, 0) is 55.7 Å². The first-order valence-electron chi connectivity index (χ1n) is 8.70. The Kier molecular flexibility index (Phi) is 5.59. The molecule has 1 N–H and O–H groups in total. The number of benzene rings is 1. The maximum absolute atomic E-state index is 12.8. The number of sulfonamides is 1. The Bertz CT molecular complexity index is 1070. The monoisotopic (exact) mass is 388 g/mol. The SMILES string of the molecule is COCCn1c(CNS(=O)(=O)c2cc(C)c(C)cc2C)nc2cccnc21. The first kappa shape index (κ1) is 19.5. The minimum absolute atomic E-state index is 0.0781. The number of methoxy groups -OCH3 is 1. The number of pyridine rings is 1. The Morgan fingerprint density at radius 2 is 1.89 bits per heavy atom. The van der Waals surface area contributed by atoms with Gasteiger partial charge in [0.2, 0.25) is 10.0 Å². The summed E-state index contributed by atoms with van der Waals surface area (Å²) in [5, 5.41) is 0. The zero-order valence-corrected chi connectivity index (χ0v) is 16.8. The van der Waals surface area contributed by atoms with Crippen LogP contribution in [0.15, 0.2) is 35.4 Å². The van der Waals surface area contributed by atoms with E-state index in [9.17, 15) is 8.42 Å². The van der Waals surface area contributed by atoms with E-state index in [1.165, 1.54) is 0 Å². The van der Waals surface area contributed by atoms with Crippen molar-refractivity contribution in [3.63, 3.8) is 0 Å². The van der Waals surface area contributed by atoms with Crippen LogP contribution in [0, 0.1) is 20.8 Å². The fourth-order valence-corrected chi connectivity index (χ4v) is 4.31. The fraction of sp³-hybridized carbons (Fsp3) is 0.368. The topological polar surface area (TPSA) is 86.1 Å². The number of fused-ring (bicyclic) bond motifs is 1. The van der Waals surface area contributed by atoms with Gasteiger partial charge in [-0.3, -0.25) is 0 Å². The van der Waals surface area contributed by atoms with Crippen LogP contribution in [0.25, 0.3) is 11.2 Å². The molecule has 0 spiro atoms. The number of nitrogens with zero attached hydrogens (tertiary/aromatic N) is 3. The molecule has 144 valence electrons. The molecule has 0 radical (unpaired) electrons. The third-order valence-electron chi connectivity index (χ3n) is 4.60. The predicted molar refractivity (Wildman–Crippen MR) is 104 cm³/mol. The van der Waals surface area contributed by atoms with Gasteiger partial charge in [-0.25, -0.2) is 23.1 Å². The summed E-state index contributed by atoms with van der Waals surface area (Å²) in [7, 11) is -2.04. The number of imidazole rings is 1. The minimum Gasteiger partial charge on any atom is -0.383 e. The number of nitrogens with one attached hydrogen (secondary N) is 1. The highest BCUT2D eigenvalue weighted by atomic mass is 32.2. The summed E-state index contributed by atoms with van der Waals surface area (Å²) in [5.74, 6) is 0.603. The van der Waals surface area contributed by atoms with E-state index in [4.69, 9.17) is 4.74 Å². The van der Waals surface area contributed by atoms with Gasteiger partial charge >= 0.3 is 0 Å². The summed E-state index contributed by atoms with van der Waals surface area (Å²) in [5.41, 5.74) is 4.17. The van der Waals surface area contributed by atoms with Crippen molar-refractivity contribution in [2.75, 3.05) is 13.7 Å². The highest BCUT2D eigenvalue weighted by Crippen LogP contribution is 2.20. The van der Waals surface area contributed by atoms with Crippen LogP contribution in [0.5, 0.6) is 0 Å². The Morgan fingerprint density at radius 1 is 1.15 bits per heavy atom. The normalized spacial score (nSPS) is 12.0. The first-order valence-corrected chi connectivity index (χ1v) is 10.2. The number of aryl methyl sites for hydroxylation is 3. The van der Waals surface area contributed by atoms with E-state index < -0.39 is 10.0 Å². The number of hydrogen-bond donors (Lipinski definition) is 1. The first-order chi connectivity index (χ1) is 12.8. The van der Waals surface area contributed by atoms with Gasteiger partial charge in [0.25, 0.3) is 0 Å². The highest BCUT2D eigenvalue weighted by molar-refractivity contribution is 7.89. The lowest BCUT2D eigenvalue weighted by atomic mass is 10.1. The number of hydrogen-bond acceptors (Lipinski definition) is 5. The summed E-state index contributed by atoms with van der Waals surface area (Å²) in [6.45, 7) is 6.79. The van der Waals surface area contributed by atoms with Crippen molar-refractivity contribution < 1.29 is 13.2 Å². The largest absolute Gasteiger partial charge is 0.383 e. The molecule has 1 aromatic carbocycles. The van der Waals surface area contributed by atoms with Crippen molar-refractivity contribution in [3.8, 4) is 0 Å². The zero-order valence-electron chi connectivity index (χ0n) is 16.0. The molecule has 3 rings (SSSR count). The van der Waals surface area contributed by atoms with Crippen molar-refractivity contribution >= 4 is 21.2 Å². The van der Waals surface area contributed by atoms with Gasteiger partial charge in [-0.1, -0.05) is 6.07 Å².